The molecule has 2 aromatic carbocycles. The van der Waals surface area contributed by atoms with Gasteiger partial charge in [0.2, 0.25) is 0 Å². The lowest BCUT2D eigenvalue weighted by Gasteiger charge is -2.14. The largest absolute Gasteiger partial charge is 0.483 e. The van der Waals surface area contributed by atoms with Crippen LogP contribution in [0.4, 0.5) is 18.9 Å². The molecule has 2 rings (SSSR count). The first-order chi connectivity index (χ1) is 12.7. The highest BCUT2D eigenvalue weighted by atomic mass is 19.4. The normalized spacial score (nSPS) is 11.0. The number of alkyl halides is 3. The lowest BCUT2D eigenvalue weighted by molar-refractivity contribution is -0.167. The van der Waals surface area contributed by atoms with E-state index in [9.17, 15) is 22.8 Å². The molecular formula is C19H19F3N2O3. The fourth-order valence-electron chi connectivity index (χ4n) is 2.26. The lowest BCUT2D eigenvalue weighted by Crippen LogP contribution is -2.31. The Morgan fingerprint density at radius 1 is 1.04 bits per heavy atom. The van der Waals surface area contributed by atoms with Crippen LogP contribution in [0.15, 0.2) is 42.5 Å². The highest BCUT2D eigenvalue weighted by Gasteiger charge is 2.38. The number of rotatable bonds is 6. The quantitative estimate of drug-likeness (QED) is 0.806. The van der Waals surface area contributed by atoms with Crippen molar-refractivity contribution in [2.24, 2.45) is 0 Å². The topological polar surface area (TPSA) is 67.4 Å². The van der Waals surface area contributed by atoms with Crippen LogP contribution < -0.4 is 15.4 Å². The van der Waals surface area contributed by atoms with Gasteiger partial charge in [-0.05, 0) is 42.7 Å². The average molecular weight is 380 g/mol. The van der Waals surface area contributed by atoms with Crippen LogP contribution in [0.5, 0.6) is 5.75 Å². The van der Waals surface area contributed by atoms with Gasteiger partial charge in [0.25, 0.3) is 5.91 Å². The van der Waals surface area contributed by atoms with Crippen molar-refractivity contribution in [3.05, 3.63) is 59.2 Å². The second kappa shape index (κ2) is 8.57. The number of anilines is 1. The molecule has 0 saturated heterocycles. The zero-order valence-corrected chi connectivity index (χ0v) is 14.8. The number of benzene rings is 2. The number of hydrogen-bond acceptors (Lipinski definition) is 3. The molecule has 0 aliphatic rings. The summed E-state index contributed by atoms with van der Waals surface area (Å²) in [7, 11) is 0. The maximum Gasteiger partial charge on any atom is 0.471 e. The van der Waals surface area contributed by atoms with Crippen LogP contribution in [0, 0.1) is 13.8 Å². The van der Waals surface area contributed by atoms with E-state index in [0.717, 1.165) is 11.1 Å². The average Bonchev–Trinajstić information content (AvgIpc) is 2.61. The lowest BCUT2D eigenvalue weighted by atomic mass is 10.1. The summed E-state index contributed by atoms with van der Waals surface area (Å²) in [6.45, 7) is 3.52. The van der Waals surface area contributed by atoms with Crippen LogP contribution in [0.2, 0.25) is 0 Å². The Kier molecular flexibility index (Phi) is 6.44. The fourth-order valence-corrected chi connectivity index (χ4v) is 2.26. The highest BCUT2D eigenvalue weighted by Crippen LogP contribution is 2.22. The monoisotopic (exact) mass is 380 g/mol. The molecule has 2 amide bonds. The van der Waals surface area contributed by atoms with E-state index in [-0.39, 0.29) is 18.8 Å². The van der Waals surface area contributed by atoms with Gasteiger partial charge in [0.15, 0.2) is 6.61 Å². The maximum absolute atomic E-state index is 12.4. The first kappa shape index (κ1) is 20.3. The summed E-state index contributed by atoms with van der Waals surface area (Å²) in [6.07, 6.45) is -4.99. The molecule has 0 atom stereocenters. The molecule has 0 aromatic heterocycles. The minimum Gasteiger partial charge on any atom is -0.483 e. The number of para-hydroxylation sites is 1. The Morgan fingerprint density at radius 2 is 1.74 bits per heavy atom. The molecule has 0 bridgehead atoms. The van der Waals surface area contributed by atoms with E-state index in [4.69, 9.17) is 4.74 Å². The molecule has 0 heterocycles. The Morgan fingerprint density at radius 3 is 2.44 bits per heavy atom. The SMILES string of the molecule is Cc1cccc(OCC(=O)NCc2ccccc2NC(=O)C(F)(F)F)c1C. The third kappa shape index (κ3) is 5.73. The first-order valence-corrected chi connectivity index (χ1v) is 8.10. The number of halogens is 3. The summed E-state index contributed by atoms with van der Waals surface area (Å²) in [5.41, 5.74) is 2.28. The van der Waals surface area contributed by atoms with Gasteiger partial charge in [0.05, 0.1) is 0 Å². The van der Waals surface area contributed by atoms with Gasteiger partial charge in [0, 0.05) is 12.2 Å². The minimum atomic E-state index is -4.99. The van der Waals surface area contributed by atoms with E-state index in [1.165, 1.54) is 18.2 Å². The zero-order chi connectivity index (χ0) is 20.0. The predicted molar refractivity (Wildman–Crippen MR) is 94.4 cm³/mol. The highest BCUT2D eigenvalue weighted by molar-refractivity contribution is 5.95. The van der Waals surface area contributed by atoms with Crippen molar-refractivity contribution >= 4 is 17.5 Å². The van der Waals surface area contributed by atoms with E-state index in [0.29, 0.717) is 11.3 Å². The number of aryl methyl sites for hydroxylation is 1. The zero-order valence-electron chi connectivity index (χ0n) is 14.8. The third-order valence-corrected chi connectivity index (χ3v) is 3.91. The first-order valence-electron chi connectivity index (χ1n) is 8.10. The molecule has 2 N–H and O–H groups in total. The molecule has 0 radical (unpaired) electrons. The van der Waals surface area contributed by atoms with Gasteiger partial charge in [-0.15, -0.1) is 0 Å². The van der Waals surface area contributed by atoms with Crippen LogP contribution >= 0.6 is 0 Å². The van der Waals surface area contributed by atoms with Crippen LogP contribution in [0.25, 0.3) is 0 Å². The number of carbonyl (C=O) groups is 2. The number of carbonyl (C=O) groups excluding carboxylic acids is 2. The molecule has 27 heavy (non-hydrogen) atoms. The van der Waals surface area contributed by atoms with Crippen molar-refractivity contribution < 1.29 is 27.5 Å². The third-order valence-electron chi connectivity index (χ3n) is 3.91. The van der Waals surface area contributed by atoms with Gasteiger partial charge in [-0.3, -0.25) is 9.59 Å². The Labute approximate surface area is 154 Å². The molecule has 8 heteroatoms. The van der Waals surface area contributed by atoms with Gasteiger partial charge in [-0.25, -0.2) is 0 Å². The molecule has 0 aliphatic carbocycles. The summed E-state index contributed by atoms with van der Waals surface area (Å²) in [5, 5.41) is 4.36. The standard InChI is InChI=1S/C19H19F3N2O3/c1-12-6-5-9-16(13(12)2)27-11-17(25)23-10-14-7-3-4-8-15(14)24-18(26)19(20,21)22/h3-9H,10-11H2,1-2H3,(H,23,25)(H,24,26). The van der Waals surface area contributed by atoms with E-state index in [1.54, 1.807) is 17.4 Å². The van der Waals surface area contributed by atoms with Gasteiger partial charge in [-0.1, -0.05) is 30.3 Å². The second-order valence-corrected chi connectivity index (χ2v) is 5.87. The molecule has 0 spiro atoms. The van der Waals surface area contributed by atoms with Gasteiger partial charge in [-0.2, -0.15) is 13.2 Å². The molecule has 0 saturated carbocycles. The van der Waals surface area contributed by atoms with Crippen molar-refractivity contribution in [2.45, 2.75) is 26.6 Å². The van der Waals surface area contributed by atoms with E-state index in [1.807, 2.05) is 26.0 Å². The summed E-state index contributed by atoms with van der Waals surface area (Å²) < 4.78 is 42.7. The van der Waals surface area contributed by atoms with Crippen molar-refractivity contribution in [3.63, 3.8) is 0 Å². The van der Waals surface area contributed by atoms with Crippen molar-refractivity contribution in [1.82, 2.24) is 5.32 Å². The maximum atomic E-state index is 12.4. The number of hydrogen-bond donors (Lipinski definition) is 2. The summed E-state index contributed by atoms with van der Waals surface area (Å²) >= 11 is 0. The molecule has 0 fully saturated rings. The molecule has 0 unspecified atom stereocenters. The molecule has 5 nitrogen and oxygen atoms in total. The summed E-state index contributed by atoms with van der Waals surface area (Å²) in [4.78, 5) is 23.1. The van der Waals surface area contributed by atoms with E-state index in [2.05, 4.69) is 5.32 Å². The Balaban J connectivity index is 1.93. The number of amides is 2. The molecule has 0 aliphatic heterocycles. The number of ether oxygens (including phenoxy) is 1. The second-order valence-electron chi connectivity index (χ2n) is 5.87. The van der Waals surface area contributed by atoms with Crippen molar-refractivity contribution in [3.8, 4) is 5.75 Å². The van der Waals surface area contributed by atoms with Crippen molar-refractivity contribution in [2.75, 3.05) is 11.9 Å². The van der Waals surface area contributed by atoms with Gasteiger partial charge < -0.3 is 15.4 Å². The summed E-state index contributed by atoms with van der Waals surface area (Å²) in [6, 6.07) is 11.4. The van der Waals surface area contributed by atoms with E-state index >= 15 is 0 Å². The smallest absolute Gasteiger partial charge is 0.471 e. The van der Waals surface area contributed by atoms with Gasteiger partial charge in [0.1, 0.15) is 5.75 Å². The molecule has 2 aromatic rings. The minimum absolute atomic E-state index is 0.0180. The molecule has 144 valence electrons. The fraction of sp³-hybridized carbons (Fsp3) is 0.263. The number of nitrogens with one attached hydrogen (secondary N) is 2. The van der Waals surface area contributed by atoms with E-state index < -0.39 is 18.0 Å². The van der Waals surface area contributed by atoms with Crippen LogP contribution in [-0.4, -0.2) is 24.6 Å². The van der Waals surface area contributed by atoms with Crippen LogP contribution in [-0.2, 0) is 16.1 Å². The van der Waals surface area contributed by atoms with Crippen LogP contribution in [0.3, 0.4) is 0 Å². The van der Waals surface area contributed by atoms with Gasteiger partial charge >= 0.3 is 12.1 Å². The summed E-state index contributed by atoms with van der Waals surface area (Å²) in [5.74, 6) is -1.92. The Bertz CT molecular complexity index is 835. The van der Waals surface area contributed by atoms with Crippen molar-refractivity contribution in [1.29, 1.82) is 0 Å². The Hall–Kier alpha value is -3.03. The molecular weight excluding hydrogens is 361 g/mol. The van der Waals surface area contributed by atoms with Crippen LogP contribution in [0.1, 0.15) is 16.7 Å². The predicted octanol–water partition coefficient (Wildman–Crippen LogP) is 3.50.